The Kier molecular flexibility index (Phi) is 7.87. The first kappa shape index (κ1) is 24.1. The molecule has 0 aliphatic rings. The Morgan fingerprint density at radius 3 is 1.90 bits per heavy atom. The van der Waals surface area contributed by atoms with Gasteiger partial charge < -0.3 is 9.47 Å². The minimum atomic E-state index is -3.92. The van der Waals surface area contributed by atoms with Crippen LogP contribution in [0.4, 0.5) is 0 Å². The number of sulfonamides is 2. The van der Waals surface area contributed by atoms with Crippen molar-refractivity contribution >= 4 is 20.0 Å². The Balaban J connectivity index is 2.38. The molecule has 1 atom stereocenters. The fourth-order valence-electron chi connectivity index (χ4n) is 2.89. The maximum Gasteiger partial charge on any atom is 0.241 e. The number of nitrogens with one attached hydrogen (secondary N) is 1. The summed E-state index contributed by atoms with van der Waals surface area (Å²) in [7, 11) is -7.82. The molecule has 0 fully saturated rings. The minimum absolute atomic E-state index is 0.0588. The zero-order chi connectivity index (χ0) is 22.5. The van der Waals surface area contributed by atoms with Crippen LogP contribution in [0.15, 0.2) is 52.3 Å². The van der Waals surface area contributed by atoms with E-state index in [-0.39, 0.29) is 15.7 Å². The van der Waals surface area contributed by atoms with Crippen LogP contribution in [0.2, 0.25) is 0 Å². The zero-order valence-corrected chi connectivity index (χ0v) is 19.1. The average Bonchev–Trinajstić information content (AvgIpc) is 2.67. The second kappa shape index (κ2) is 9.78. The van der Waals surface area contributed by atoms with E-state index in [4.69, 9.17) is 14.6 Å². The fraction of sp³-hybridized carbons (Fsp3) is 0.400. The Bertz CT molecular complexity index is 1060. The third kappa shape index (κ3) is 5.94. The topological polar surface area (TPSA) is 125 Å². The van der Waals surface area contributed by atoms with E-state index in [1.54, 1.807) is 18.2 Å². The molecule has 2 aromatic rings. The SMILES string of the molecule is CCOc1ccc(C(NS(=O)(=O)c2ccc(S(N)(=O)=O)cc2)C(C)C)cc1OCC. The third-order valence-electron chi connectivity index (χ3n) is 4.34. The molecule has 8 nitrogen and oxygen atoms in total. The molecule has 0 spiro atoms. The second-order valence-corrected chi connectivity index (χ2v) is 10.2. The average molecular weight is 457 g/mol. The van der Waals surface area contributed by atoms with E-state index in [0.717, 1.165) is 5.56 Å². The van der Waals surface area contributed by atoms with E-state index in [0.29, 0.717) is 24.7 Å². The van der Waals surface area contributed by atoms with Gasteiger partial charge in [0.2, 0.25) is 20.0 Å². The van der Waals surface area contributed by atoms with Gasteiger partial charge in [0.25, 0.3) is 0 Å². The molecule has 30 heavy (non-hydrogen) atoms. The Hall–Kier alpha value is -2.14. The van der Waals surface area contributed by atoms with Crippen LogP contribution in [-0.2, 0) is 20.0 Å². The molecule has 0 saturated carbocycles. The van der Waals surface area contributed by atoms with Crippen LogP contribution >= 0.6 is 0 Å². The van der Waals surface area contributed by atoms with E-state index >= 15 is 0 Å². The van der Waals surface area contributed by atoms with Crippen LogP contribution in [-0.4, -0.2) is 30.0 Å². The zero-order valence-electron chi connectivity index (χ0n) is 17.5. The molecule has 0 bridgehead atoms. The van der Waals surface area contributed by atoms with E-state index in [2.05, 4.69) is 4.72 Å². The number of nitrogens with two attached hydrogens (primary N) is 1. The Morgan fingerprint density at radius 1 is 0.867 bits per heavy atom. The van der Waals surface area contributed by atoms with Crippen LogP contribution in [0.1, 0.15) is 39.3 Å². The Labute approximate surface area is 178 Å². The molecular weight excluding hydrogens is 428 g/mol. The van der Waals surface area contributed by atoms with Crippen molar-refractivity contribution in [1.82, 2.24) is 4.72 Å². The number of primary sulfonamides is 1. The molecule has 3 N–H and O–H groups in total. The third-order valence-corrected chi connectivity index (χ3v) is 6.72. The van der Waals surface area contributed by atoms with Crippen LogP contribution in [0.5, 0.6) is 11.5 Å². The summed E-state index contributed by atoms with van der Waals surface area (Å²) in [6.07, 6.45) is 0. The summed E-state index contributed by atoms with van der Waals surface area (Å²) in [5.74, 6) is 1.06. The van der Waals surface area contributed by atoms with Gasteiger partial charge in [-0.15, -0.1) is 0 Å². The van der Waals surface area contributed by atoms with Crippen molar-refractivity contribution in [2.24, 2.45) is 11.1 Å². The first-order chi connectivity index (χ1) is 14.0. The number of ether oxygens (including phenoxy) is 2. The van der Waals surface area contributed by atoms with Gasteiger partial charge in [-0.05, 0) is 61.7 Å². The predicted octanol–water partition coefficient (Wildman–Crippen LogP) is 2.81. The van der Waals surface area contributed by atoms with Crippen molar-refractivity contribution in [3.8, 4) is 11.5 Å². The van der Waals surface area contributed by atoms with E-state index in [1.165, 1.54) is 24.3 Å². The number of hydrogen-bond acceptors (Lipinski definition) is 6. The number of hydrogen-bond donors (Lipinski definition) is 2. The summed E-state index contributed by atoms with van der Waals surface area (Å²) >= 11 is 0. The molecule has 2 rings (SSSR count). The summed E-state index contributed by atoms with van der Waals surface area (Å²) in [5.41, 5.74) is 0.724. The molecule has 2 aromatic carbocycles. The number of rotatable bonds is 10. The predicted molar refractivity (Wildman–Crippen MR) is 114 cm³/mol. The highest BCUT2D eigenvalue weighted by molar-refractivity contribution is 7.89. The highest BCUT2D eigenvalue weighted by Gasteiger charge is 2.25. The van der Waals surface area contributed by atoms with Crippen molar-refractivity contribution in [2.45, 2.75) is 43.5 Å². The van der Waals surface area contributed by atoms with Gasteiger partial charge in [0.1, 0.15) is 0 Å². The molecule has 0 aliphatic heterocycles. The normalized spacial score (nSPS) is 13.3. The molecule has 10 heteroatoms. The highest BCUT2D eigenvalue weighted by atomic mass is 32.2. The lowest BCUT2D eigenvalue weighted by atomic mass is 9.97. The van der Waals surface area contributed by atoms with Gasteiger partial charge in [-0.2, -0.15) is 0 Å². The maximum absolute atomic E-state index is 12.9. The molecule has 0 saturated heterocycles. The summed E-state index contributed by atoms with van der Waals surface area (Å²) in [4.78, 5) is -0.216. The summed E-state index contributed by atoms with van der Waals surface area (Å²) in [5, 5.41) is 5.07. The molecular formula is C20H28N2O6S2. The molecule has 1 unspecified atom stereocenters. The number of benzene rings is 2. The largest absolute Gasteiger partial charge is 0.490 e. The second-order valence-electron chi connectivity index (χ2n) is 6.93. The van der Waals surface area contributed by atoms with Gasteiger partial charge in [0, 0.05) is 6.04 Å². The van der Waals surface area contributed by atoms with Crippen molar-refractivity contribution < 1.29 is 26.3 Å². The van der Waals surface area contributed by atoms with Crippen LogP contribution < -0.4 is 19.3 Å². The van der Waals surface area contributed by atoms with E-state index in [1.807, 2.05) is 27.7 Å². The fourth-order valence-corrected chi connectivity index (χ4v) is 4.78. The van der Waals surface area contributed by atoms with Gasteiger partial charge >= 0.3 is 0 Å². The molecule has 0 amide bonds. The minimum Gasteiger partial charge on any atom is -0.490 e. The van der Waals surface area contributed by atoms with E-state index < -0.39 is 26.1 Å². The maximum atomic E-state index is 12.9. The summed E-state index contributed by atoms with van der Waals surface area (Å²) < 4.78 is 62.5. The summed E-state index contributed by atoms with van der Waals surface area (Å²) in [6.45, 7) is 8.44. The first-order valence-electron chi connectivity index (χ1n) is 9.54. The Morgan fingerprint density at radius 2 is 1.40 bits per heavy atom. The smallest absolute Gasteiger partial charge is 0.241 e. The molecule has 166 valence electrons. The lowest BCUT2D eigenvalue weighted by molar-refractivity contribution is 0.287. The molecule has 0 heterocycles. The van der Waals surface area contributed by atoms with Gasteiger partial charge in [-0.1, -0.05) is 19.9 Å². The van der Waals surface area contributed by atoms with Crippen molar-refractivity contribution in [1.29, 1.82) is 0 Å². The molecule has 0 radical (unpaired) electrons. The van der Waals surface area contributed by atoms with Crippen molar-refractivity contribution in [3.05, 3.63) is 48.0 Å². The molecule has 0 aromatic heterocycles. The van der Waals surface area contributed by atoms with Crippen LogP contribution in [0, 0.1) is 5.92 Å². The lowest BCUT2D eigenvalue weighted by Gasteiger charge is -2.24. The monoisotopic (exact) mass is 456 g/mol. The quantitative estimate of drug-likeness (QED) is 0.566. The molecule has 0 aliphatic carbocycles. The van der Waals surface area contributed by atoms with E-state index in [9.17, 15) is 16.8 Å². The van der Waals surface area contributed by atoms with Crippen molar-refractivity contribution in [2.75, 3.05) is 13.2 Å². The van der Waals surface area contributed by atoms with Crippen molar-refractivity contribution in [3.63, 3.8) is 0 Å². The van der Waals surface area contributed by atoms with Gasteiger partial charge in [0.05, 0.1) is 23.0 Å². The standard InChI is InChI=1S/C20H28N2O6S2/c1-5-27-18-12-7-15(13-19(18)28-6-2)20(14(3)4)22-30(25,26)17-10-8-16(9-11-17)29(21,23)24/h7-14,20,22H,5-6H2,1-4H3,(H2,21,23,24). The van der Waals surface area contributed by atoms with Crippen LogP contribution in [0.25, 0.3) is 0 Å². The van der Waals surface area contributed by atoms with Gasteiger partial charge in [0.15, 0.2) is 11.5 Å². The van der Waals surface area contributed by atoms with Crippen LogP contribution in [0.3, 0.4) is 0 Å². The first-order valence-corrected chi connectivity index (χ1v) is 12.6. The van der Waals surface area contributed by atoms with Gasteiger partial charge in [-0.3, -0.25) is 0 Å². The summed E-state index contributed by atoms with van der Waals surface area (Å²) in [6, 6.07) is 9.54. The lowest BCUT2D eigenvalue weighted by Crippen LogP contribution is -2.32. The van der Waals surface area contributed by atoms with Gasteiger partial charge in [-0.25, -0.2) is 26.7 Å². The highest BCUT2D eigenvalue weighted by Crippen LogP contribution is 2.33.